The number of nitrogens with one attached hydrogen (secondary N) is 1. The number of nitrogens with zero attached hydrogens (tertiary/aromatic N) is 2. The number of sulfonamides is 1. The van der Waals surface area contributed by atoms with Crippen LogP contribution in [0.15, 0.2) is 23.4 Å². The molecule has 1 N–H and O–H groups in total. The van der Waals surface area contributed by atoms with Crippen molar-refractivity contribution in [2.75, 3.05) is 18.1 Å². The smallest absolute Gasteiger partial charge is 0.319 e. The zero-order valence-corrected chi connectivity index (χ0v) is 15.6. The van der Waals surface area contributed by atoms with Crippen LogP contribution in [0.5, 0.6) is 0 Å². The molecule has 2 aromatic rings. The molecule has 0 bridgehead atoms. The van der Waals surface area contributed by atoms with E-state index in [0.29, 0.717) is 28.5 Å². The Bertz CT molecular complexity index is 832. The van der Waals surface area contributed by atoms with Crippen LogP contribution in [0.1, 0.15) is 25.8 Å². The van der Waals surface area contributed by atoms with Gasteiger partial charge >= 0.3 is 6.18 Å². The first-order valence-electron chi connectivity index (χ1n) is 7.85. The summed E-state index contributed by atoms with van der Waals surface area (Å²) in [6.07, 6.45) is -3.65. The topological polar surface area (TPSA) is 64.0 Å². The molecule has 0 fully saturated rings. The molecule has 0 saturated heterocycles. The molecular formula is C15H20F3N3O2S2. The van der Waals surface area contributed by atoms with Gasteiger partial charge in [-0.15, -0.1) is 0 Å². The molecule has 10 heteroatoms. The third-order valence-electron chi connectivity index (χ3n) is 3.52. The van der Waals surface area contributed by atoms with Crippen molar-refractivity contribution >= 4 is 32.8 Å². The zero-order valence-electron chi connectivity index (χ0n) is 13.9. The van der Waals surface area contributed by atoms with E-state index in [1.807, 2.05) is 6.92 Å². The number of rotatable bonds is 8. The van der Waals surface area contributed by atoms with E-state index in [9.17, 15) is 21.6 Å². The quantitative estimate of drug-likeness (QED) is 0.549. The molecule has 0 aliphatic heterocycles. The van der Waals surface area contributed by atoms with Crippen LogP contribution in [0.25, 0.3) is 11.0 Å². The number of hydrogen-bond donors (Lipinski definition) is 1. The van der Waals surface area contributed by atoms with Crippen molar-refractivity contribution < 1.29 is 21.6 Å². The molecule has 1 aromatic heterocycles. The Hall–Kier alpha value is -1.26. The molecular weight excluding hydrogens is 375 g/mol. The van der Waals surface area contributed by atoms with Crippen LogP contribution < -0.4 is 4.72 Å². The first-order chi connectivity index (χ1) is 11.7. The van der Waals surface area contributed by atoms with Gasteiger partial charge in [0, 0.05) is 18.8 Å². The van der Waals surface area contributed by atoms with Crippen molar-refractivity contribution in [2.45, 2.75) is 38.1 Å². The van der Waals surface area contributed by atoms with Gasteiger partial charge < -0.3 is 4.57 Å². The third kappa shape index (κ3) is 5.11. The Morgan fingerprint density at radius 1 is 1.28 bits per heavy atom. The molecule has 2 rings (SSSR count). The summed E-state index contributed by atoms with van der Waals surface area (Å²) in [5, 5.41) is 0.590. The van der Waals surface area contributed by atoms with Crippen LogP contribution in [0.3, 0.4) is 0 Å². The molecule has 0 amide bonds. The molecule has 0 radical (unpaired) electrons. The number of imidazole rings is 1. The van der Waals surface area contributed by atoms with E-state index in [-0.39, 0.29) is 12.3 Å². The summed E-state index contributed by atoms with van der Waals surface area (Å²) in [4.78, 5) is 4.39. The zero-order chi connectivity index (χ0) is 18.7. The van der Waals surface area contributed by atoms with Gasteiger partial charge in [-0.2, -0.15) is 13.2 Å². The molecule has 0 saturated carbocycles. The van der Waals surface area contributed by atoms with Crippen LogP contribution in [-0.4, -0.2) is 36.0 Å². The summed E-state index contributed by atoms with van der Waals surface area (Å²) in [7, 11) is -3.26. The second-order valence-corrected chi connectivity index (χ2v) is 8.55. The number of aryl methyl sites for hydroxylation is 1. The fraction of sp³-hybridized carbons (Fsp3) is 0.533. The Morgan fingerprint density at radius 2 is 2.00 bits per heavy atom. The van der Waals surface area contributed by atoms with Crippen molar-refractivity contribution in [1.82, 2.24) is 14.3 Å². The summed E-state index contributed by atoms with van der Waals surface area (Å²) >= 11 is 1.32. The van der Waals surface area contributed by atoms with Gasteiger partial charge in [0.25, 0.3) is 0 Å². The van der Waals surface area contributed by atoms with Crippen molar-refractivity contribution in [3.63, 3.8) is 0 Å². The lowest BCUT2D eigenvalue weighted by molar-refractivity contribution is -0.137. The molecule has 0 spiro atoms. The van der Waals surface area contributed by atoms with E-state index in [1.165, 1.54) is 17.8 Å². The van der Waals surface area contributed by atoms with Crippen LogP contribution in [0.2, 0.25) is 0 Å². The lowest BCUT2D eigenvalue weighted by atomic mass is 10.2. The number of alkyl halides is 3. The molecule has 0 aliphatic carbocycles. The predicted octanol–water partition coefficient (Wildman–Crippen LogP) is 3.50. The monoisotopic (exact) mass is 395 g/mol. The SMILES string of the molecule is CCCn1c(SCCNS(=O)(=O)CC)nc2ccc(C(F)(F)F)cc21. The fourth-order valence-electron chi connectivity index (χ4n) is 2.27. The van der Waals surface area contributed by atoms with E-state index in [4.69, 9.17) is 0 Å². The number of hydrogen-bond acceptors (Lipinski definition) is 4. The van der Waals surface area contributed by atoms with Crippen LogP contribution in [0.4, 0.5) is 13.2 Å². The van der Waals surface area contributed by atoms with Crippen LogP contribution in [0, 0.1) is 0 Å². The van der Waals surface area contributed by atoms with Crippen molar-refractivity contribution in [1.29, 1.82) is 0 Å². The van der Waals surface area contributed by atoms with Crippen LogP contribution >= 0.6 is 11.8 Å². The summed E-state index contributed by atoms with van der Waals surface area (Å²) in [6, 6.07) is 3.51. The van der Waals surface area contributed by atoms with E-state index >= 15 is 0 Å². The molecule has 25 heavy (non-hydrogen) atoms. The Kier molecular flexibility index (Phi) is 6.39. The van der Waals surface area contributed by atoms with Crippen molar-refractivity contribution in [3.8, 4) is 0 Å². The predicted molar refractivity (Wildman–Crippen MR) is 93.2 cm³/mol. The van der Waals surface area contributed by atoms with Gasteiger partial charge in [0.2, 0.25) is 10.0 Å². The number of halogens is 3. The van der Waals surface area contributed by atoms with Crippen LogP contribution in [-0.2, 0) is 22.7 Å². The summed E-state index contributed by atoms with van der Waals surface area (Å²) in [5.74, 6) is 0.449. The van der Waals surface area contributed by atoms with Gasteiger partial charge in [-0.05, 0) is 31.5 Å². The fourth-order valence-corrected chi connectivity index (χ4v) is 3.91. The van der Waals surface area contributed by atoms with E-state index in [1.54, 1.807) is 11.5 Å². The number of benzene rings is 1. The molecule has 0 atom stereocenters. The number of fused-ring (bicyclic) bond motifs is 1. The highest BCUT2D eigenvalue weighted by Crippen LogP contribution is 2.33. The number of thioether (sulfide) groups is 1. The average molecular weight is 395 g/mol. The lowest BCUT2D eigenvalue weighted by Gasteiger charge is -2.09. The van der Waals surface area contributed by atoms with E-state index in [2.05, 4.69) is 9.71 Å². The van der Waals surface area contributed by atoms with Gasteiger partial charge in [0.1, 0.15) is 0 Å². The summed E-state index contributed by atoms with van der Waals surface area (Å²) in [6.45, 7) is 4.27. The lowest BCUT2D eigenvalue weighted by Crippen LogP contribution is -2.27. The maximum Gasteiger partial charge on any atom is 0.416 e. The first-order valence-corrected chi connectivity index (χ1v) is 10.5. The normalized spacial score (nSPS) is 12.8. The van der Waals surface area contributed by atoms with E-state index in [0.717, 1.165) is 18.6 Å². The highest BCUT2D eigenvalue weighted by atomic mass is 32.2. The Balaban J connectivity index is 2.23. The van der Waals surface area contributed by atoms with Gasteiger partial charge in [0.15, 0.2) is 5.16 Å². The summed E-state index contributed by atoms with van der Waals surface area (Å²) < 4.78 is 65.8. The highest BCUT2D eigenvalue weighted by Gasteiger charge is 2.31. The Morgan fingerprint density at radius 3 is 2.60 bits per heavy atom. The highest BCUT2D eigenvalue weighted by molar-refractivity contribution is 7.99. The standard InChI is InChI=1S/C15H20F3N3O2S2/c1-3-8-21-13-10-11(15(16,17)18)5-6-12(13)20-14(21)24-9-7-19-25(22,23)4-2/h5-6,10,19H,3-4,7-9H2,1-2H3. The van der Waals surface area contributed by atoms with Crippen molar-refractivity contribution in [2.24, 2.45) is 0 Å². The molecule has 1 heterocycles. The largest absolute Gasteiger partial charge is 0.416 e. The number of aromatic nitrogens is 2. The van der Waals surface area contributed by atoms with E-state index < -0.39 is 21.8 Å². The minimum absolute atomic E-state index is 0.00618. The molecule has 140 valence electrons. The maximum absolute atomic E-state index is 12.9. The molecule has 1 aromatic carbocycles. The van der Waals surface area contributed by atoms with Gasteiger partial charge in [0.05, 0.1) is 22.3 Å². The summed E-state index contributed by atoms with van der Waals surface area (Å²) in [5.41, 5.74) is 0.232. The molecule has 0 unspecified atom stereocenters. The third-order valence-corrected chi connectivity index (χ3v) is 5.91. The second-order valence-electron chi connectivity index (χ2n) is 5.39. The maximum atomic E-state index is 12.9. The van der Waals surface area contributed by atoms with Gasteiger partial charge in [-0.1, -0.05) is 18.7 Å². The van der Waals surface area contributed by atoms with Gasteiger partial charge in [-0.25, -0.2) is 18.1 Å². The Labute approximate surface area is 149 Å². The minimum Gasteiger partial charge on any atom is -0.319 e. The first kappa shape index (κ1) is 20.1. The molecule has 5 nitrogen and oxygen atoms in total. The minimum atomic E-state index is -4.40. The van der Waals surface area contributed by atoms with Crippen molar-refractivity contribution in [3.05, 3.63) is 23.8 Å². The second kappa shape index (κ2) is 7.96. The average Bonchev–Trinajstić information content (AvgIpc) is 2.88. The van der Waals surface area contributed by atoms with Gasteiger partial charge in [-0.3, -0.25) is 0 Å². The molecule has 0 aliphatic rings.